The summed E-state index contributed by atoms with van der Waals surface area (Å²) in [5.74, 6) is 1.47. The van der Waals surface area contributed by atoms with Gasteiger partial charge in [0.25, 0.3) is 5.91 Å². The molecule has 3 aromatic rings. The molecule has 1 aliphatic rings. The smallest absolute Gasteiger partial charge is 0.254 e. The van der Waals surface area contributed by atoms with Crippen molar-refractivity contribution >= 4 is 16.9 Å². The molecule has 4 rings (SSSR count). The third-order valence-electron chi connectivity index (χ3n) is 5.24. The number of rotatable bonds is 5. The Morgan fingerprint density at radius 1 is 1.08 bits per heavy atom. The van der Waals surface area contributed by atoms with E-state index >= 15 is 0 Å². The molecule has 2 heterocycles. The van der Waals surface area contributed by atoms with E-state index in [1.807, 2.05) is 35.2 Å². The summed E-state index contributed by atoms with van der Waals surface area (Å²) in [6, 6.07) is 13.6. The molecule has 4 heteroatoms. The molecule has 0 aliphatic heterocycles. The van der Waals surface area contributed by atoms with Crippen LogP contribution in [0.15, 0.2) is 59.3 Å². The lowest BCUT2D eigenvalue weighted by molar-refractivity contribution is 0.0686. The number of amides is 1. The van der Waals surface area contributed by atoms with Gasteiger partial charge >= 0.3 is 0 Å². The highest BCUT2D eigenvalue weighted by Crippen LogP contribution is 2.27. The molecule has 0 N–H and O–H groups in total. The zero-order chi connectivity index (χ0) is 17.8. The van der Waals surface area contributed by atoms with Gasteiger partial charge in [-0.25, -0.2) is 0 Å². The third kappa shape index (κ3) is 3.79. The van der Waals surface area contributed by atoms with Gasteiger partial charge < -0.3 is 9.32 Å². The summed E-state index contributed by atoms with van der Waals surface area (Å²) in [5.41, 5.74) is 1.56. The van der Waals surface area contributed by atoms with Crippen LogP contribution in [0.4, 0.5) is 0 Å². The highest BCUT2D eigenvalue weighted by atomic mass is 16.3. The predicted molar refractivity (Wildman–Crippen MR) is 102 cm³/mol. The van der Waals surface area contributed by atoms with Crippen molar-refractivity contribution in [3.63, 3.8) is 0 Å². The van der Waals surface area contributed by atoms with Gasteiger partial charge in [0.05, 0.1) is 6.54 Å². The van der Waals surface area contributed by atoms with Crippen LogP contribution in [0.1, 0.15) is 48.2 Å². The van der Waals surface area contributed by atoms with Gasteiger partial charge in [-0.15, -0.1) is 0 Å². The zero-order valence-electron chi connectivity index (χ0n) is 14.9. The molecule has 1 saturated carbocycles. The van der Waals surface area contributed by atoms with Crippen molar-refractivity contribution in [2.75, 3.05) is 6.54 Å². The first kappa shape index (κ1) is 16.8. The lowest BCUT2D eigenvalue weighted by atomic mass is 9.89. The minimum atomic E-state index is 0.0541. The SMILES string of the molecule is O=C(c1ccncc1)N(Cc1cc2ccccc2o1)CC1CCCCC1. The first-order valence-electron chi connectivity index (χ1n) is 9.46. The molecule has 1 amide bonds. The van der Waals surface area contributed by atoms with E-state index in [-0.39, 0.29) is 5.91 Å². The van der Waals surface area contributed by atoms with Crippen LogP contribution in [0.5, 0.6) is 0 Å². The Labute approximate surface area is 153 Å². The molecule has 134 valence electrons. The molecule has 1 fully saturated rings. The van der Waals surface area contributed by atoms with Crippen molar-refractivity contribution < 1.29 is 9.21 Å². The van der Waals surface area contributed by atoms with E-state index in [1.165, 1.54) is 32.1 Å². The Bertz CT molecular complexity index is 833. The van der Waals surface area contributed by atoms with Gasteiger partial charge in [-0.3, -0.25) is 9.78 Å². The fraction of sp³-hybridized carbons (Fsp3) is 0.364. The number of hydrogen-bond donors (Lipinski definition) is 0. The largest absolute Gasteiger partial charge is 0.459 e. The number of para-hydroxylation sites is 1. The monoisotopic (exact) mass is 348 g/mol. The number of aromatic nitrogens is 1. The van der Waals surface area contributed by atoms with Crippen LogP contribution in [-0.4, -0.2) is 22.3 Å². The molecular weight excluding hydrogens is 324 g/mol. The van der Waals surface area contributed by atoms with E-state index in [1.54, 1.807) is 24.5 Å². The van der Waals surface area contributed by atoms with Gasteiger partial charge in [-0.2, -0.15) is 0 Å². The maximum absolute atomic E-state index is 13.1. The van der Waals surface area contributed by atoms with Gasteiger partial charge in [-0.1, -0.05) is 37.5 Å². The van der Waals surface area contributed by atoms with Crippen molar-refractivity contribution in [1.29, 1.82) is 0 Å². The number of hydrogen-bond acceptors (Lipinski definition) is 3. The van der Waals surface area contributed by atoms with Gasteiger partial charge in [0.1, 0.15) is 11.3 Å². The van der Waals surface area contributed by atoms with Crippen molar-refractivity contribution in [3.8, 4) is 0 Å². The molecule has 0 atom stereocenters. The Morgan fingerprint density at radius 3 is 2.62 bits per heavy atom. The van der Waals surface area contributed by atoms with E-state index in [4.69, 9.17) is 4.42 Å². The lowest BCUT2D eigenvalue weighted by Gasteiger charge is -2.29. The number of carbonyl (C=O) groups is 1. The fourth-order valence-corrected chi connectivity index (χ4v) is 3.88. The van der Waals surface area contributed by atoms with E-state index in [0.717, 1.165) is 23.3 Å². The second kappa shape index (κ2) is 7.73. The summed E-state index contributed by atoms with van der Waals surface area (Å²) in [6.45, 7) is 1.30. The highest BCUT2D eigenvalue weighted by molar-refractivity contribution is 5.94. The molecule has 2 aromatic heterocycles. The van der Waals surface area contributed by atoms with Gasteiger partial charge in [0.15, 0.2) is 0 Å². The van der Waals surface area contributed by atoms with Crippen LogP contribution < -0.4 is 0 Å². The summed E-state index contributed by atoms with van der Waals surface area (Å²) in [7, 11) is 0. The van der Waals surface area contributed by atoms with Gasteiger partial charge in [-0.05, 0) is 43.0 Å². The molecule has 4 nitrogen and oxygen atoms in total. The summed E-state index contributed by atoms with van der Waals surface area (Å²) in [5, 5.41) is 1.08. The average Bonchev–Trinajstić information content (AvgIpc) is 3.11. The summed E-state index contributed by atoms with van der Waals surface area (Å²) in [4.78, 5) is 19.1. The fourth-order valence-electron chi connectivity index (χ4n) is 3.88. The van der Waals surface area contributed by atoms with E-state index in [9.17, 15) is 4.79 Å². The summed E-state index contributed by atoms with van der Waals surface area (Å²) < 4.78 is 5.97. The first-order valence-corrected chi connectivity index (χ1v) is 9.46. The first-order chi connectivity index (χ1) is 12.8. The number of furan rings is 1. The molecular formula is C22H24N2O2. The van der Waals surface area contributed by atoms with E-state index in [0.29, 0.717) is 18.0 Å². The number of nitrogens with zero attached hydrogens (tertiary/aromatic N) is 2. The quantitative estimate of drug-likeness (QED) is 0.648. The van der Waals surface area contributed by atoms with Crippen molar-refractivity contribution in [3.05, 3.63) is 66.2 Å². The molecule has 1 aliphatic carbocycles. The minimum absolute atomic E-state index is 0.0541. The van der Waals surface area contributed by atoms with Crippen LogP contribution in [0.2, 0.25) is 0 Å². The topological polar surface area (TPSA) is 46.3 Å². The maximum Gasteiger partial charge on any atom is 0.254 e. The minimum Gasteiger partial charge on any atom is -0.459 e. The van der Waals surface area contributed by atoms with Crippen LogP contribution in [0.3, 0.4) is 0 Å². The highest BCUT2D eigenvalue weighted by Gasteiger charge is 2.23. The Kier molecular flexibility index (Phi) is 5.00. The second-order valence-corrected chi connectivity index (χ2v) is 7.18. The van der Waals surface area contributed by atoms with E-state index < -0.39 is 0 Å². The maximum atomic E-state index is 13.1. The molecule has 1 aromatic carbocycles. The van der Waals surface area contributed by atoms with Crippen molar-refractivity contribution in [1.82, 2.24) is 9.88 Å². The number of fused-ring (bicyclic) bond motifs is 1. The van der Waals surface area contributed by atoms with Gasteiger partial charge in [0, 0.05) is 29.9 Å². The van der Waals surface area contributed by atoms with E-state index in [2.05, 4.69) is 4.98 Å². The second-order valence-electron chi connectivity index (χ2n) is 7.18. The van der Waals surface area contributed by atoms with Crippen LogP contribution in [-0.2, 0) is 6.54 Å². The molecule has 0 unspecified atom stereocenters. The summed E-state index contributed by atoms with van der Waals surface area (Å²) >= 11 is 0. The molecule has 0 spiro atoms. The normalized spacial score (nSPS) is 15.2. The van der Waals surface area contributed by atoms with Crippen LogP contribution in [0, 0.1) is 5.92 Å². The zero-order valence-corrected chi connectivity index (χ0v) is 14.9. The Balaban J connectivity index is 1.57. The number of pyridine rings is 1. The van der Waals surface area contributed by atoms with Crippen LogP contribution in [0.25, 0.3) is 11.0 Å². The number of carbonyl (C=O) groups excluding carboxylic acids is 1. The Morgan fingerprint density at radius 2 is 1.85 bits per heavy atom. The third-order valence-corrected chi connectivity index (χ3v) is 5.24. The number of benzene rings is 1. The molecule has 0 saturated heterocycles. The van der Waals surface area contributed by atoms with Crippen molar-refractivity contribution in [2.45, 2.75) is 38.6 Å². The Hall–Kier alpha value is -2.62. The van der Waals surface area contributed by atoms with Crippen molar-refractivity contribution in [2.24, 2.45) is 5.92 Å². The van der Waals surface area contributed by atoms with Crippen LogP contribution >= 0.6 is 0 Å². The summed E-state index contributed by atoms with van der Waals surface area (Å²) in [6.07, 6.45) is 9.62. The predicted octanol–water partition coefficient (Wildman–Crippen LogP) is 5.05. The average molecular weight is 348 g/mol. The molecule has 26 heavy (non-hydrogen) atoms. The lowest BCUT2D eigenvalue weighted by Crippen LogP contribution is -2.35. The molecule has 0 bridgehead atoms. The molecule has 0 radical (unpaired) electrons. The van der Waals surface area contributed by atoms with Gasteiger partial charge in [0.2, 0.25) is 0 Å². The standard InChI is InChI=1S/C22H24N2O2/c25-22(18-10-12-23-13-11-18)24(15-17-6-2-1-3-7-17)16-20-14-19-8-4-5-9-21(19)26-20/h4-5,8-14,17H,1-3,6-7,15-16H2.